The first-order valence-corrected chi connectivity index (χ1v) is 7.21. The summed E-state index contributed by atoms with van der Waals surface area (Å²) in [6.07, 6.45) is 2.30. The quantitative estimate of drug-likeness (QED) is 0.681. The molecule has 20 heavy (non-hydrogen) atoms. The van der Waals surface area contributed by atoms with Gasteiger partial charge in [0.05, 0.1) is 6.20 Å². The van der Waals surface area contributed by atoms with Gasteiger partial charge in [-0.3, -0.25) is 9.48 Å². The van der Waals surface area contributed by atoms with Crippen molar-refractivity contribution in [3.05, 3.63) is 12.4 Å². The van der Waals surface area contributed by atoms with Gasteiger partial charge in [-0.2, -0.15) is 5.10 Å². The van der Waals surface area contributed by atoms with Crippen LogP contribution in [0.5, 0.6) is 0 Å². The number of nitrogens with two attached hydrogens (primary N) is 1. The second-order valence-corrected chi connectivity index (χ2v) is 5.81. The summed E-state index contributed by atoms with van der Waals surface area (Å²) < 4.78 is 23.3. The lowest BCUT2D eigenvalue weighted by molar-refractivity contribution is -0.148. The van der Waals surface area contributed by atoms with Crippen molar-refractivity contribution in [2.75, 3.05) is 7.05 Å². The van der Waals surface area contributed by atoms with E-state index in [1.807, 2.05) is 0 Å². The van der Waals surface area contributed by atoms with Gasteiger partial charge in [-0.25, -0.2) is 18.4 Å². The summed E-state index contributed by atoms with van der Waals surface area (Å²) >= 11 is 0. The number of hydrogen-bond donors (Lipinski definition) is 2. The van der Waals surface area contributed by atoms with Gasteiger partial charge in [0.25, 0.3) is 0 Å². The minimum atomic E-state index is -3.82. The van der Waals surface area contributed by atoms with Crippen molar-refractivity contribution in [2.24, 2.45) is 5.14 Å². The second-order valence-electron chi connectivity index (χ2n) is 4.25. The van der Waals surface area contributed by atoms with Crippen molar-refractivity contribution < 1.29 is 23.1 Å². The first kappa shape index (κ1) is 16.1. The van der Waals surface area contributed by atoms with E-state index in [-0.39, 0.29) is 23.8 Å². The predicted molar refractivity (Wildman–Crippen MR) is 68.1 cm³/mol. The Morgan fingerprint density at radius 1 is 1.55 bits per heavy atom. The topological polar surface area (TPSA) is 136 Å². The molecule has 0 bridgehead atoms. The number of sulfonamides is 1. The number of aryl methyl sites for hydroxylation is 1. The molecule has 0 spiro atoms. The number of carboxylic acid groups (broad SMARTS) is 1. The van der Waals surface area contributed by atoms with Gasteiger partial charge in [0, 0.05) is 26.2 Å². The summed E-state index contributed by atoms with van der Waals surface area (Å²) in [6, 6.07) is -0.930. The van der Waals surface area contributed by atoms with Crippen LogP contribution in [-0.2, 0) is 26.2 Å². The van der Waals surface area contributed by atoms with E-state index in [0.717, 1.165) is 11.1 Å². The normalized spacial score (nSPS) is 12.9. The van der Waals surface area contributed by atoms with Crippen LogP contribution in [0.2, 0.25) is 0 Å². The molecule has 1 unspecified atom stereocenters. The van der Waals surface area contributed by atoms with E-state index in [1.165, 1.54) is 24.9 Å². The molecule has 10 heteroatoms. The van der Waals surface area contributed by atoms with Crippen molar-refractivity contribution in [2.45, 2.75) is 30.8 Å². The number of carbonyl (C=O) groups is 2. The zero-order valence-corrected chi connectivity index (χ0v) is 11.9. The largest absolute Gasteiger partial charge is 0.480 e. The zero-order chi connectivity index (χ0) is 15.5. The molecule has 0 aliphatic rings. The van der Waals surface area contributed by atoms with Crippen LogP contribution >= 0.6 is 0 Å². The summed E-state index contributed by atoms with van der Waals surface area (Å²) in [5.74, 6) is -1.48. The summed E-state index contributed by atoms with van der Waals surface area (Å²) in [6.45, 7) is 1.53. The summed E-state index contributed by atoms with van der Waals surface area (Å²) in [5, 5.41) is 17.5. The molecule has 112 valence electrons. The Hall–Kier alpha value is -1.94. The molecule has 0 aliphatic heterocycles. The van der Waals surface area contributed by atoms with Gasteiger partial charge in [0.15, 0.2) is 0 Å². The van der Waals surface area contributed by atoms with E-state index in [9.17, 15) is 18.0 Å². The summed E-state index contributed by atoms with van der Waals surface area (Å²) in [4.78, 5) is 23.4. The number of nitrogens with zero attached hydrogens (tertiary/aromatic N) is 3. The smallest absolute Gasteiger partial charge is 0.326 e. The fourth-order valence-electron chi connectivity index (χ4n) is 1.38. The second kappa shape index (κ2) is 6.01. The highest BCUT2D eigenvalue weighted by molar-refractivity contribution is 7.89. The van der Waals surface area contributed by atoms with Crippen molar-refractivity contribution in [3.63, 3.8) is 0 Å². The number of amides is 1. The van der Waals surface area contributed by atoms with Gasteiger partial charge in [-0.1, -0.05) is 0 Å². The SMILES string of the molecule is CC(C(=O)O)N(C)C(=O)CCn1cc(S(N)(=O)=O)cn1. The number of carboxylic acids is 1. The Kier molecular flexibility index (Phi) is 4.84. The maximum absolute atomic E-state index is 11.7. The highest BCUT2D eigenvalue weighted by atomic mass is 32.2. The molecule has 0 fully saturated rings. The van der Waals surface area contributed by atoms with E-state index in [2.05, 4.69) is 5.10 Å². The molecule has 1 aromatic rings. The van der Waals surface area contributed by atoms with E-state index in [0.29, 0.717) is 0 Å². The van der Waals surface area contributed by atoms with E-state index >= 15 is 0 Å². The van der Waals surface area contributed by atoms with Crippen LogP contribution in [0.15, 0.2) is 17.3 Å². The number of carbonyl (C=O) groups excluding carboxylic acids is 1. The first-order valence-electron chi connectivity index (χ1n) is 5.66. The lowest BCUT2D eigenvalue weighted by Crippen LogP contribution is -2.40. The molecule has 3 N–H and O–H groups in total. The van der Waals surface area contributed by atoms with Gasteiger partial charge in [0.1, 0.15) is 10.9 Å². The molecule has 1 amide bonds. The summed E-state index contributed by atoms with van der Waals surface area (Å²) in [5.41, 5.74) is 0. The number of primary sulfonamides is 1. The molecule has 1 heterocycles. The van der Waals surface area contributed by atoms with Gasteiger partial charge in [-0.05, 0) is 6.92 Å². The highest BCUT2D eigenvalue weighted by Gasteiger charge is 2.21. The first-order chi connectivity index (χ1) is 9.12. The Bertz CT molecular complexity index is 609. The third-order valence-corrected chi connectivity index (χ3v) is 3.69. The van der Waals surface area contributed by atoms with Crippen LogP contribution in [0.1, 0.15) is 13.3 Å². The van der Waals surface area contributed by atoms with Crippen molar-refractivity contribution in [1.29, 1.82) is 0 Å². The van der Waals surface area contributed by atoms with Crippen LogP contribution in [0.4, 0.5) is 0 Å². The zero-order valence-electron chi connectivity index (χ0n) is 11.1. The number of hydrogen-bond acceptors (Lipinski definition) is 5. The maximum atomic E-state index is 11.7. The molecule has 0 saturated carbocycles. The van der Waals surface area contributed by atoms with Crippen LogP contribution in [0.25, 0.3) is 0 Å². The van der Waals surface area contributed by atoms with Crippen molar-refractivity contribution >= 4 is 21.9 Å². The monoisotopic (exact) mass is 304 g/mol. The van der Waals surface area contributed by atoms with E-state index in [1.54, 1.807) is 0 Å². The van der Waals surface area contributed by atoms with Crippen LogP contribution < -0.4 is 5.14 Å². The Morgan fingerprint density at radius 2 is 2.15 bits per heavy atom. The Labute approximate surface area is 116 Å². The molecule has 0 radical (unpaired) electrons. The molecule has 0 aromatic carbocycles. The van der Waals surface area contributed by atoms with Gasteiger partial charge in [0.2, 0.25) is 15.9 Å². The molecule has 1 rings (SSSR count). The average Bonchev–Trinajstić information content (AvgIpc) is 2.82. The fraction of sp³-hybridized carbons (Fsp3) is 0.500. The van der Waals surface area contributed by atoms with E-state index < -0.39 is 22.0 Å². The fourth-order valence-corrected chi connectivity index (χ4v) is 1.84. The lowest BCUT2D eigenvalue weighted by Gasteiger charge is -2.21. The Balaban J connectivity index is 2.62. The summed E-state index contributed by atoms with van der Waals surface area (Å²) in [7, 11) is -2.43. The van der Waals surface area contributed by atoms with Gasteiger partial charge in [-0.15, -0.1) is 0 Å². The molecular weight excluding hydrogens is 288 g/mol. The minimum absolute atomic E-state index is 0.000140. The molecule has 1 aromatic heterocycles. The average molecular weight is 304 g/mol. The van der Waals surface area contributed by atoms with Crippen LogP contribution in [0.3, 0.4) is 0 Å². The molecule has 9 nitrogen and oxygen atoms in total. The van der Waals surface area contributed by atoms with Gasteiger partial charge >= 0.3 is 5.97 Å². The van der Waals surface area contributed by atoms with Crippen molar-refractivity contribution in [3.8, 4) is 0 Å². The number of likely N-dealkylation sites (N-methyl/N-ethyl adjacent to an activating group) is 1. The third-order valence-electron chi connectivity index (χ3n) is 2.82. The minimum Gasteiger partial charge on any atom is -0.480 e. The third kappa shape index (κ3) is 4.03. The lowest BCUT2D eigenvalue weighted by atomic mass is 10.2. The molecule has 0 aliphatic carbocycles. The molecular formula is C10H16N4O5S. The number of rotatable bonds is 6. The maximum Gasteiger partial charge on any atom is 0.326 e. The molecule has 1 atom stereocenters. The Morgan fingerprint density at radius 3 is 2.60 bits per heavy atom. The molecule has 0 saturated heterocycles. The highest BCUT2D eigenvalue weighted by Crippen LogP contribution is 2.06. The number of aromatic nitrogens is 2. The predicted octanol–water partition coefficient (Wildman–Crippen LogP) is -1.15. The standard InChI is InChI=1S/C10H16N4O5S/c1-7(10(16)17)13(2)9(15)3-4-14-6-8(5-12-14)20(11,18)19/h5-7H,3-4H2,1-2H3,(H,16,17)(H2,11,18,19). The number of aliphatic carboxylic acids is 1. The van der Waals surface area contributed by atoms with Gasteiger partial charge < -0.3 is 10.0 Å². The van der Waals surface area contributed by atoms with E-state index in [4.69, 9.17) is 10.2 Å². The van der Waals surface area contributed by atoms with Crippen LogP contribution in [0, 0.1) is 0 Å². The van der Waals surface area contributed by atoms with Crippen LogP contribution in [-0.4, -0.2) is 53.2 Å². The van der Waals surface area contributed by atoms with Crippen molar-refractivity contribution in [1.82, 2.24) is 14.7 Å².